The van der Waals surface area contributed by atoms with Gasteiger partial charge in [-0.1, -0.05) is 45.4 Å². The minimum Gasteiger partial charge on any atom is -0.496 e. The summed E-state index contributed by atoms with van der Waals surface area (Å²) in [6.45, 7) is 12.3. The van der Waals surface area contributed by atoms with Gasteiger partial charge in [-0.15, -0.1) is 0 Å². The molecule has 1 N–H and O–H groups in total. The SMILES string of the molecule is CCCNC(c1cc(C)ccc1OC)C(C)(C)CC. The van der Waals surface area contributed by atoms with E-state index in [1.807, 2.05) is 0 Å². The van der Waals surface area contributed by atoms with Crippen molar-refractivity contribution in [3.63, 3.8) is 0 Å². The van der Waals surface area contributed by atoms with E-state index in [9.17, 15) is 0 Å². The van der Waals surface area contributed by atoms with Gasteiger partial charge in [-0.2, -0.15) is 0 Å². The highest BCUT2D eigenvalue weighted by Gasteiger charge is 2.30. The lowest BCUT2D eigenvalue weighted by molar-refractivity contribution is 0.229. The summed E-state index contributed by atoms with van der Waals surface area (Å²) in [5, 5.41) is 3.70. The van der Waals surface area contributed by atoms with Gasteiger partial charge in [0, 0.05) is 11.6 Å². The maximum absolute atomic E-state index is 5.56. The molecule has 0 aromatic heterocycles. The Morgan fingerprint density at radius 3 is 2.47 bits per heavy atom. The lowest BCUT2D eigenvalue weighted by atomic mass is 9.77. The molecule has 0 aliphatic heterocycles. The zero-order chi connectivity index (χ0) is 14.5. The predicted octanol–water partition coefficient (Wildman–Crippen LogP) is 4.48. The molecule has 2 nitrogen and oxygen atoms in total. The fourth-order valence-corrected chi connectivity index (χ4v) is 2.38. The zero-order valence-corrected chi connectivity index (χ0v) is 13.3. The number of rotatable bonds is 7. The Morgan fingerprint density at radius 2 is 1.95 bits per heavy atom. The van der Waals surface area contributed by atoms with Crippen molar-refractivity contribution in [2.24, 2.45) is 5.41 Å². The third-order valence-corrected chi connectivity index (χ3v) is 3.99. The molecule has 1 aromatic rings. The van der Waals surface area contributed by atoms with Gasteiger partial charge in [0.1, 0.15) is 5.75 Å². The van der Waals surface area contributed by atoms with Crippen LogP contribution in [0.1, 0.15) is 57.7 Å². The van der Waals surface area contributed by atoms with E-state index in [0.29, 0.717) is 6.04 Å². The van der Waals surface area contributed by atoms with Crippen LogP contribution in [0.25, 0.3) is 0 Å². The maximum atomic E-state index is 5.56. The van der Waals surface area contributed by atoms with Crippen LogP contribution in [0.4, 0.5) is 0 Å². The maximum Gasteiger partial charge on any atom is 0.123 e. The number of nitrogens with one attached hydrogen (secondary N) is 1. The number of aryl methyl sites for hydroxylation is 1. The molecular formula is C17H29NO. The molecule has 0 aliphatic carbocycles. The van der Waals surface area contributed by atoms with Crippen molar-refractivity contribution in [3.8, 4) is 5.75 Å². The van der Waals surface area contributed by atoms with Gasteiger partial charge in [0.25, 0.3) is 0 Å². The molecule has 1 atom stereocenters. The third kappa shape index (κ3) is 3.97. The van der Waals surface area contributed by atoms with Gasteiger partial charge >= 0.3 is 0 Å². The van der Waals surface area contributed by atoms with Crippen LogP contribution in [0.15, 0.2) is 18.2 Å². The fourth-order valence-electron chi connectivity index (χ4n) is 2.38. The standard InChI is InChI=1S/C17H29NO/c1-7-11-18-16(17(4,5)8-2)14-12-13(3)9-10-15(14)19-6/h9-10,12,16,18H,7-8,11H2,1-6H3. The van der Waals surface area contributed by atoms with Gasteiger partial charge in [0.15, 0.2) is 0 Å². The molecule has 2 heteroatoms. The average molecular weight is 263 g/mol. The first-order valence-corrected chi connectivity index (χ1v) is 7.34. The quantitative estimate of drug-likeness (QED) is 0.783. The molecule has 108 valence electrons. The molecule has 0 fully saturated rings. The highest BCUT2D eigenvalue weighted by atomic mass is 16.5. The lowest BCUT2D eigenvalue weighted by Crippen LogP contribution is -2.34. The lowest BCUT2D eigenvalue weighted by Gasteiger charge is -2.35. The van der Waals surface area contributed by atoms with Gasteiger partial charge in [-0.05, 0) is 37.8 Å². The van der Waals surface area contributed by atoms with Crippen molar-refractivity contribution in [1.82, 2.24) is 5.32 Å². The Labute approximate surface area is 118 Å². The number of benzene rings is 1. The van der Waals surface area contributed by atoms with E-state index in [0.717, 1.165) is 25.1 Å². The second-order valence-electron chi connectivity index (χ2n) is 5.97. The zero-order valence-electron chi connectivity index (χ0n) is 13.3. The number of ether oxygens (including phenoxy) is 1. The fraction of sp³-hybridized carbons (Fsp3) is 0.647. The van der Waals surface area contributed by atoms with E-state index in [1.165, 1.54) is 11.1 Å². The molecule has 0 heterocycles. The topological polar surface area (TPSA) is 21.3 Å². The largest absolute Gasteiger partial charge is 0.496 e. The van der Waals surface area contributed by atoms with Crippen LogP contribution in [0.3, 0.4) is 0 Å². The van der Waals surface area contributed by atoms with Crippen molar-refractivity contribution in [2.45, 2.75) is 53.5 Å². The molecule has 0 aliphatic rings. The van der Waals surface area contributed by atoms with E-state index in [4.69, 9.17) is 4.74 Å². The van der Waals surface area contributed by atoms with Crippen molar-refractivity contribution in [1.29, 1.82) is 0 Å². The Hall–Kier alpha value is -1.02. The van der Waals surface area contributed by atoms with Crippen LogP contribution in [0.5, 0.6) is 5.75 Å². The van der Waals surface area contributed by atoms with Crippen LogP contribution in [-0.2, 0) is 0 Å². The molecule has 19 heavy (non-hydrogen) atoms. The summed E-state index contributed by atoms with van der Waals surface area (Å²) in [5.74, 6) is 0.987. The van der Waals surface area contributed by atoms with Crippen molar-refractivity contribution in [2.75, 3.05) is 13.7 Å². The molecule has 1 aromatic carbocycles. The molecule has 1 unspecified atom stereocenters. The molecule has 0 bridgehead atoms. The second-order valence-corrected chi connectivity index (χ2v) is 5.97. The van der Waals surface area contributed by atoms with Gasteiger partial charge in [-0.25, -0.2) is 0 Å². The Bertz CT molecular complexity index is 398. The Balaban J connectivity index is 3.19. The average Bonchev–Trinajstić information content (AvgIpc) is 2.39. The minimum atomic E-state index is 0.205. The normalized spacial score (nSPS) is 13.4. The van der Waals surface area contributed by atoms with Gasteiger partial charge in [-0.3, -0.25) is 0 Å². The second kappa shape index (κ2) is 6.95. The Kier molecular flexibility index (Phi) is 5.86. The summed E-state index contributed by atoms with van der Waals surface area (Å²) in [6, 6.07) is 6.77. The number of methoxy groups -OCH3 is 1. The Morgan fingerprint density at radius 1 is 1.26 bits per heavy atom. The molecule has 0 amide bonds. The van der Waals surface area contributed by atoms with E-state index in [1.54, 1.807) is 7.11 Å². The van der Waals surface area contributed by atoms with Crippen LogP contribution >= 0.6 is 0 Å². The molecule has 0 saturated heterocycles. The third-order valence-electron chi connectivity index (χ3n) is 3.99. The van der Waals surface area contributed by atoms with Crippen molar-refractivity contribution >= 4 is 0 Å². The summed E-state index contributed by atoms with van der Waals surface area (Å²) in [5.41, 5.74) is 2.77. The molecular weight excluding hydrogens is 234 g/mol. The highest BCUT2D eigenvalue weighted by molar-refractivity contribution is 5.40. The summed E-state index contributed by atoms with van der Waals surface area (Å²) >= 11 is 0. The minimum absolute atomic E-state index is 0.205. The van der Waals surface area contributed by atoms with Crippen LogP contribution in [0, 0.1) is 12.3 Å². The smallest absolute Gasteiger partial charge is 0.123 e. The van der Waals surface area contributed by atoms with Gasteiger partial charge in [0.2, 0.25) is 0 Å². The monoisotopic (exact) mass is 263 g/mol. The van der Waals surface area contributed by atoms with Crippen molar-refractivity contribution in [3.05, 3.63) is 29.3 Å². The van der Waals surface area contributed by atoms with Crippen LogP contribution in [0.2, 0.25) is 0 Å². The highest BCUT2D eigenvalue weighted by Crippen LogP contribution is 2.40. The van der Waals surface area contributed by atoms with E-state index < -0.39 is 0 Å². The van der Waals surface area contributed by atoms with Gasteiger partial charge < -0.3 is 10.1 Å². The molecule has 1 rings (SSSR count). The first kappa shape index (κ1) is 16.0. The summed E-state index contributed by atoms with van der Waals surface area (Å²) < 4.78 is 5.56. The summed E-state index contributed by atoms with van der Waals surface area (Å²) in [7, 11) is 1.75. The summed E-state index contributed by atoms with van der Waals surface area (Å²) in [4.78, 5) is 0. The van der Waals surface area contributed by atoms with Crippen LogP contribution < -0.4 is 10.1 Å². The molecule has 0 radical (unpaired) electrons. The van der Waals surface area contributed by atoms with E-state index >= 15 is 0 Å². The molecule has 0 saturated carbocycles. The van der Waals surface area contributed by atoms with E-state index in [2.05, 4.69) is 58.1 Å². The number of hydrogen-bond donors (Lipinski definition) is 1. The first-order valence-electron chi connectivity index (χ1n) is 7.34. The first-order chi connectivity index (χ1) is 8.96. The number of hydrogen-bond acceptors (Lipinski definition) is 2. The van der Waals surface area contributed by atoms with Gasteiger partial charge in [0.05, 0.1) is 7.11 Å². The van der Waals surface area contributed by atoms with Crippen LogP contribution in [-0.4, -0.2) is 13.7 Å². The van der Waals surface area contributed by atoms with Crippen molar-refractivity contribution < 1.29 is 4.74 Å². The molecule has 0 spiro atoms. The predicted molar refractivity (Wildman–Crippen MR) is 82.8 cm³/mol. The van der Waals surface area contributed by atoms with E-state index in [-0.39, 0.29) is 5.41 Å². The summed E-state index contributed by atoms with van der Waals surface area (Å²) in [6.07, 6.45) is 2.27.